The number of benzene rings is 1. The molecule has 0 spiro atoms. The molecule has 9 atom stereocenters. The molecule has 2 aliphatic heterocycles. The molecule has 14 nitrogen and oxygen atoms in total. The van der Waals surface area contributed by atoms with E-state index >= 15 is 4.79 Å². The van der Waals surface area contributed by atoms with E-state index in [4.69, 9.17) is 28.8 Å². The molecule has 66 heavy (non-hydrogen) atoms. The van der Waals surface area contributed by atoms with Crippen molar-refractivity contribution in [1.82, 2.24) is 10.2 Å². The molecule has 7 rings (SSSR count). The van der Waals surface area contributed by atoms with Crippen LogP contribution in [0.15, 0.2) is 65.3 Å². The summed E-state index contributed by atoms with van der Waals surface area (Å²) in [4.78, 5) is 54.8. The van der Waals surface area contributed by atoms with Crippen molar-refractivity contribution in [3.05, 3.63) is 70.8 Å². The van der Waals surface area contributed by atoms with Gasteiger partial charge in [0.25, 0.3) is 0 Å². The molecule has 3 N–H and O–H groups in total. The number of fused-ring (bicyclic) bond motifs is 5. The summed E-state index contributed by atoms with van der Waals surface area (Å²) in [7, 11) is 4.93. The number of rotatable bonds is 10. The Labute approximate surface area is 393 Å². The fourth-order valence-corrected chi connectivity index (χ4v) is 10.8. The van der Waals surface area contributed by atoms with Gasteiger partial charge in [-0.15, -0.1) is 0 Å². The quantitative estimate of drug-likeness (QED) is 0.152. The van der Waals surface area contributed by atoms with Crippen LogP contribution in [-0.2, 0) is 42.8 Å². The monoisotopic (exact) mass is 925 g/mol. The highest BCUT2D eigenvalue weighted by molar-refractivity contribution is 5.91. The van der Waals surface area contributed by atoms with Crippen LogP contribution >= 0.6 is 0 Å². The van der Waals surface area contributed by atoms with Crippen LogP contribution in [-0.4, -0.2) is 129 Å². The molecule has 14 heteroatoms. The fourth-order valence-electron chi connectivity index (χ4n) is 10.8. The zero-order valence-electron chi connectivity index (χ0n) is 41.8. The molecule has 4 aliphatic carbocycles. The van der Waals surface area contributed by atoms with Gasteiger partial charge in [-0.3, -0.25) is 14.5 Å². The summed E-state index contributed by atoms with van der Waals surface area (Å²) in [6, 6.07) is 8.58. The smallest absolute Gasteiger partial charge is 0.408 e. The molecular formula is C52H80N2O12. The zero-order valence-corrected chi connectivity index (χ0v) is 41.8. The predicted octanol–water partition coefficient (Wildman–Crippen LogP) is 8.04. The van der Waals surface area contributed by atoms with Gasteiger partial charge in [0.1, 0.15) is 17.5 Å². The van der Waals surface area contributed by atoms with E-state index in [9.17, 15) is 19.5 Å². The van der Waals surface area contributed by atoms with Crippen molar-refractivity contribution in [3.8, 4) is 0 Å². The van der Waals surface area contributed by atoms with Gasteiger partial charge < -0.3 is 44.0 Å². The number of alkyl carbamates (subject to hydrolysis) is 1. The van der Waals surface area contributed by atoms with Crippen LogP contribution in [0.1, 0.15) is 119 Å². The van der Waals surface area contributed by atoms with Gasteiger partial charge >= 0.3 is 18.0 Å². The number of nitrogens with zero attached hydrogens (tertiary/aromatic N) is 1. The molecule has 2 bridgehead atoms. The number of ketones is 1. The molecule has 1 aromatic rings. The summed E-state index contributed by atoms with van der Waals surface area (Å²) < 4.78 is 33.9. The maximum Gasteiger partial charge on any atom is 0.408 e. The van der Waals surface area contributed by atoms with Crippen LogP contribution in [0.5, 0.6) is 0 Å². The second-order valence-corrected chi connectivity index (χ2v) is 19.9. The molecule has 2 saturated heterocycles. The van der Waals surface area contributed by atoms with E-state index in [1.54, 1.807) is 54.3 Å². The van der Waals surface area contributed by atoms with E-state index in [2.05, 4.69) is 35.7 Å². The Hall–Kier alpha value is -3.92. The molecule has 2 unspecified atom stereocenters. The zero-order chi connectivity index (χ0) is 49.0. The number of carboxylic acids is 1. The lowest BCUT2D eigenvalue weighted by Gasteiger charge is -2.63. The van der Waals surface area contributed by atoms with E-state index in [-0.39, 0.29) is 42.7 Å². The van der Waals surface area contributed by atoms with Crippen molar-refractivity contribution in [1.29, 1.82) is 0 Å². The number of methoxy groups -OCH3 is 2. The number of hydrogen-bond donors (Lipinski definition) is 3. The number of morpholine rings is 1. The lowest BCUT2D eigenvalue weighted by atomic mass is 9.45. The van der Waals surface area contributed by atoms with E-state index in [0.29, 0.717) is 51.2 Å². The van der Waals surface area contributed by atoms with Crippen LogP contribution < -0.4 is 5.32 Å². The van der Waals surface area contributed by atoms with Gasteiger partial charge in [-0.2, -0.15) is 0 Å². The third-order valence-corrected chi connectivity index (χ3v) is 14.3. The van der Waals surface area contributed by atoms with E-state index in [1.165, 1.54) is 0 Å². The molecule has 370 valence electrons. The molecule has 6 aliphatic rings. The van der Waals surface area contributed by atoms with Crippen LogP contribution in [0.25, 0.3) is 0 Å². The van der Waals surface area contributed by atoms with Gasteiger partial charge in [-0.25, -0.2) is 9.59 Å². The summed E-state index contributed by atoms with van der Waals surface area (Å²) in [5, 5.41) is 24.3. The van der Waals surface area contributed by atoms with E-state index in [0.717, 1.165) is 42.6 Å². The number of aliphatic hydroxyl groups is 1. The number of carbonyl (C=O) groups excluding carboxylic acids is 3. The Morgan fingerprint density at radius 3 is 2.18 bits per heavy atom. The molecule has 4 fully saturated rings. The standard InChI is InChI=1S/C41H60N2O9.C7H8O2.C2H6O.C2H6/c1-25-32(51-34(44)20-30(26-12-10-9-11-13-26)42-37(46)52-38(2,3)4)23-41(47)22-29-28-24-50-31(28)21-33(48-8)40(29,7)36(45)27(35(25)39(41,5)6)14-15-43-16-18-49-19-17-43;8-7(9)6-4-2-1-3-5-6;1-3-2;1-2/h9-13,27-33,47H,14-24H2,1-8H3,(H,42,46);2,4-5H,1,3H2,(H,8,9);1-2H3;1-2H3/t27-,28?,29?,30-,31-,32+,33+,40+,41+;;;/m1.../s1. The van der Waals surface area contributed by atoms with Crippen LogP contribution in [0.4, 0.5) is 4.79 Å². The maximum absolute atomic E-state index is 15.4. The molecule has 0 aromatic heterocycles. The largest absolute Gasteiger partial charge is 0.478 e. The van der Waals surface area contributed by atoms with Crippen molar-refractivity contribution in [2.45, 2.75) is 143 Å². The second kappa shape index (κ2) is 23.9. The minimum Gasteiger partial charge on any atom is -0.478 e. The first-order valence-electron chi connectivity index (χ1n) is 23.9. The summed E-state index contributed by atoms with van der Waals surface area (Å²) in [5.41, 5.74) is -0.775. The van der Waals surface area contributed by atoms with Gasteiger partial charge in [-0.05, 0) is 89.5 Å². The van der Waals surface area contributed by atoms with Gasteiger partial charge in [0.2, 0.25) is 0 Å². The summed E-state index contributed by atoms with van der Waals surface area (Å²) >= 11 is 0. The second-order valence-electron chi connectivity index (χ2n) is 19.9. The average Bonchev–Trinajstić information content (AvgIpc) is 3.26. The number of carbonyl (C=O) groups is 4. The number of nitrogens with one attached hydrogen (secondary N) is 1. The first kappa shape index (κ1) is 54.7. The Balaban J connectivity index is 0.000000590. The van der Waals surface area contributed by atoms with Crippen molar-refractivity contribution in [3.63, 3.8) is 0 Å². The van der Waals surface area contributed by atoms with Crippen molar-refractivity contribution in [2.24, 2.45) is 28.6 Å². The number of allylic oxidation sites excluding steroid dienone is 2. The van der Waals surface area contributed by atoms with Crippen LogP contribution in [0.3, 0.4) is 0 Å². The molecule has 1 amide bonds. The van der Waals surface area contributed by atoms with Crippen LogP contribution in [0, 0.1) is 28.6 Å². The Bertz CT molecular complexity index is 1880. The molecular weight excluding hydrogens is 845 g/mol. The first-order valence-corrected chi connectivity index (χ1v) is 23.9. The number of esters is 1. The Morgan fingerprint density at radius 2 is 1.65 bits per heavy atom. The number of hydrogen-bond acceptors (Lipinski definition) is 12. The lowest BCUT2D eigenvalue weighted by Crippen LogP contribution is -2.68. The molecule has 1 aromatic carbocycles. The highest BCUT2D eigenvalue weighted by atomic mass is 16.6. The SMILES string of the molecule is CC.COC.CO[C@H]1C[C@H]2OCC2C2C[C@]3(O)C[C@H](OC(=O)C[C@@H](NC(=O)OC(C)(C)C)c4ccccc4)C(C)=C([C@@H](CCN4CCOCC4)C(=O)[C@@]21C)C3(C)C.O=C(O)C1=CCCC=C1. The van der Waals surface area contributed by atoms with Crippen molar-refractivity contribution < 1.29 is 57.8 Å². The Morgan fingerprint density at radius 1 is 1.00 bits per heavy atom. The molecule has 2 saturated carbocycles. The highest BCUT2D eigenvalue weighted by Crippen LogP contribution is 2.63. The fraction of sp³-hybridized carbons (Fsp3) is 0.692. The number of Topliss-reactive ketones (excluding diaryl/α,β-unsaturated/α-hetero) is 1. The average molecular weight is 925 g/mol. The molecule has 0 radical (unpaired) electrons. The topological polar surface area (TPSA) is 179 Å². The van der Waals surface area contributed by atoms with Gasteiger partial charge in [-0.1, -0.05) is 76.3 Å². The van der Waals surface area contributed by atoms with E-state index < -0.39 is 58.1 Å². The number of aliphatic carboxylic acids is 1. The summed E-state index contributed by atoms with van der Waals surface area (Å²) in [5.74, 6) is -1.77. The highest BCUT2D eigenvalue weighted by Gasteiger charge is 2.67. The van der Waals surface area contributed by atoms with Gasteiger partial charge in [0.05, 0.1) is 61.1 Å². The van der Waals surface area contributed by atoms with Gasteiger partial charge in [0, 0.05) is 64.5 Å². The lowest BCUT2D eigenvalue weighted by molar-refractivity contribution is -0.245. The van der Waals surface area contributed by atoms with Crippen molar-refractivity contribution in [2.75, 3.05) is 60.8 Å². The van der Waals surface area contributed by atoms with Gasteiger partial charge in [0.15, 0.2) is 0 Å². The molecule has 2 heterocycles. The van der Waals surface area contributed by atoms with E-state index in [1.807, 2.05) is 57.2 Å². The summed E-state index contributed by atoms with van der Waals surface area (Å²) in [6.45, 7) is 21.7. The third kappa shape index (κ3) is 12.8. The first-order chi connectivity index (χ1) is 31.2. The summed E-state index contributed by atoms with van der Waals surface area (Å²) in [6.07, 6.45) is 6.99. The maximum atomic E-state index is 15.4. The Kier molecular flexibility index (Phi) is 19.8. The predicted molar refractivity (Wildman–Crippen MR) is 253 cm³/mol. The number of ether oxygens (including phenoxy) is 6. The minimum atomic E-state index is -1.29. The number of amides is 1. The normalized spacial score (nSPS) is 30.4. The van der Waals surface area contributed by atoms with Crippen molar-refractivity contribution >= 4 is 23.8 Å². The third-order valence-electron chi connectivity index (χ3n) is 14.3. The number of carboxylic acid groups (broad SMARTS) is 1. The van der Waals surface area contributed by atoms with Crippen LogP contribution in [0.2, 0.25) is 0 Å². The minimum absolute atomic E-state index is 0.0184.